The second-order valence-corrected chi connectivity index (χ2v) is 7.40. The SMILES string of the molecule is Cc1ccc(/C=C/S(=O)(=O)NCC#CCOc2cccc(C(F)(F)F)c2)cc1. The molecule has 0 fully saturated rings. The van der Waals surface area contributed by atoms with Crippen molar-refractivity contribution in [3.05, 3.63) is 70.6 Å². The normalized spacial score (nSPS) is 11.9. The summed E-state index contributed by atoms with van der Waals surface area (Å²) >= 11 is 0. The summed E-state index contributed by atoms with van der Waals surface area (Å²) in [7, 11) is -3.65. The first kappa shape index (κ1) is 21.5. The van der Waals surface area contributed by atoms with Crippen molar-refractivity contribution in [1.29, 1.82) is 0 Å². The van der Waals surface area contributed by atoms with Crippen LogP contribution in [0.1, 0.15) is 16.7 Å². The van der Waals surface area contributed by atoms with E-state index in [1.165, 1.54) is 18.2 Å². The molecule has 0 unspecified atom stereocenters. The molecular weight excluding hydrogens is 391 g/mol. The third-order valence-electron chi connectivity index (χ3n) is 3.48. The predicted molar refractivity (Wildman–Crippen MR) is 102 cm³/mol. The standard InChI is InChI=1S/C20H18F3NO3S/c1-16-7-9-17(10-8-16)11-14-28(25,26)24-12-2-3-13-27-19-6-4-5-18(15-19)20(21,22)23/h4-11,14-15,24H,12-13H2,1H3/b14-11+. The summed E-state index contributed by atoms with van der Waals surface area (Å²) in [5, 5.41) is 1.04. The van der Waals surface area contributed by atoms with Crippen LogP contribution in [0.2, 0.25) is 0 Å². The molecule has 28 heavy (non-hydrogen) atoms. The van der Waals surface area contributed by atoms with Crippen molar-refractivity contribution in [2.75, 3.05) is 13.2 Å². The summed E-state index contributed by atoms with van der Waals surface area (Å²) in [6.07, 6.45) is -2.98. The number of alkyl halides is 3. The van der Waals surface area contributed by atoms with E-state index in [0.29, 0.717) is 0 Å². The van der Waals surface area contributed by atoms with Gasteiger partial charge in [-0.25, -0.2) is 8.42 Å². The maximum atomic E-state index is 12.6. The molecule has 2 rings (SSSR count). The molecule has 0 heterocycles. The Labute approximate surface area is 162 Å². The van der Waals surface area contributed by atoms with Gasteiger partial charge in [0, 0.05) is 5.41 Å². The lowest BCUT2D eigenvalue weighted by molar-refractivity contribution is -0.137. The van der Waals surface area contributed by atoms with Crippen LogP contribution < -0.4 is 9.46 Å². The Morgan fingerprint density at radius 3 is 2.50 bits per heavy atom. The van der Waals surface area contributed by atoms with E-state index in [1.807, 2.05) is 19.1 Å². The van der Waals surface area contributed by atoms with Crippen LogP contribution in [0.4, 0.5) is 13.2 Å². The van der Waals surface area contributed by atoms with E-state index in [2.05, 4.69) is 16.6 Å². The van der Waals surface area contributed by atoms with Gasteiger partial charge in [0.1, 0.15) is 12.4 Å². The smallest absolute Gasteiger partial charge is 0.416 e. The van der Waals surface area contributed by atoms with E-state index >= 15 is 0 Å². The number of sulfonamides is 1. The fourth-order valence-corrected chi connectivity index (χ4v) is 2.73. The van der Waals surface area contributed by atoms with Crippen LogP contribution in [0.5, 0.6) is 5.75 Å². The minimum Gasteiger partial charge on any atom is -0.481 e. The summed E-state index contributed by atoms with van der Waals surface area (Å²) in [5.74, 6) is 5.11. The second-order valence-electron chi connectivity index (χ2n) is 5.75. The van der Waals surface area contributed by atoms with Crippen LogP contribution in [-0.2, 0) is 16.2 Å². The zero-order chi connectivity index (χ0) is 20.6. The Morgan fingerprint density at radius 2 is 1.82 bits per heavy atom. The Balaban J connectivity index is 1.80. The van der Waals surface area contributed by atoms with E-state index in [1.54, 1.807) is 12.1 Å². The average molecular weight is 409 g/mol. The fourth-order valence-electron chi connectivity index (χ4n) is 2.03. The summed E-state index contributed by atoms with van der Waals surface area (Å²) in [4.78, 5) is 0. The highest BCUT2D eigenvalue weighted by molar-refractivity contribution is 7.92. The molecule has 0 amide bonds. The minimum absolute atomic E-state index is 0.0331. The number of rotatable bonds is 6. The molecule has 0 bridgehead atoms. The molecule has 8 heteroatoms. The average Bonchev–Trinajstić information content (AvgIpc) is 2.64. The highest BCUT2D eigenvalue weighted by atomic mass is 32.2. The summed E-state index contributed by atoms with van der Waals surface area (Å²) < 4.78 is 68.9. The van der Waals surface area contributed by atoms with Gasteiger partial charge in [-0.2, -0.15) is 17.9 Å². The van der Waals surface area contributed by atoms with E-state index in [0.717, 1.165) is 28.7 Å². The monoisotopic (exact) mass is 409 g/mol. The van der Waals surface area contributed by atoms with Crippen LogP contribution in [0.3, 0.4) is 0 Å². The quantitative estimate of drug-likeness (QED) is 0.734. The maximum absolute atomic E-state index is 12.6. The van der Waals surface area contributed by atoms with Crippen molar-refractivity contribution >= 4 is 16.1 Å². The molecule has 4 nitrogen and oxygen atoms in total. The Hall–Kier alpha value is -2.76. The van der Waals surface area contributed by atoms with Crippen molar-refractivity contribution in [3.8, 4) is 17.6 Å². The molecule has 2 aromatic carbocycles. The number of nitrogens with one attached hydrogen (secondary N) is 1. The van der Waals surface area contributed by atoms with Gasteiger partial charge in [0.2, 0.25) is 10.0 Å². The van der Waals surface area contributed by atoms with E-state index in [9.17, 15) is 21.6 Å². The van der Waals surface area contributed by atoms with Gasteiger partial charge < -0.3 is 4.74 Å². The highest BCUT2D eigenvalue weighted by Gasteiger charge is 2.30. The van der Waals surface area contributed by atoms with Crippen LogP contribution >= 0.6 is 0 Å². The van der Waals surface area contributed by atoms with Gasteiger partial charge in [-0.05, 0) is 36.8 Å². The first-order chi connectivity index (χ1) is 13.2. The molecule has 0 aliphatic carbocycles. The fraction of sp³-hybridized carbons (Fsp3) is 0.200. The largest absolute Gasteiger partial charge is 0.481 e. The Morgan fingerprint density at radius 1 is 1.11 bits per heavy atom. The predicted octanol–water partition coefficient (Wildman–Crippen LogP) is 3.99. The van der Waals surface area contributed by atoms with Crippen molar-refractivity contribution in [1.82, 2.24) is 4.72 Å². The lowest BCUT2D eigenvalue weighted by Crippen LogP contribution is -2.21. The van der Waals surface area contributed by atoms with E-state index in [-0.39, 0.29) is 18.9 Å². The molecule has 0 radical (unpaired) electrons. The third-order valence-corrected chi connectivity index (χ3v) is 4.52. The van der Waals surface area contributed by atoms with Gasteiger partial charge in [-0.15, -0.1) is 0 Å². The van der Waals surface area contributed by atoms with Crippen LogP contribution in [0.15, 0.2) is 53.9 Å². The number of halogens is 3. The molecule has 0 aromatic heterocycles. The summed E-state index contributed by atoms with van der Waals surface area (Å²) in [6, 6.07) is 11.8. The van der Waals surface area contributed by atoms with Crippen LogP contribution in [-0.4, -0.2) is 21.6 Å². The number of hydrogen-bond donors (Lipinski definition) is 1. The lowest BCUT2D eigenvalue weighted by Gasteiger charge is -2.08. The van der Waals surface area contributed by atoms with Gasteiger partial charge in [0.15, 0.2) is 0 Å². The molecule has 0 aliphatic heterocycles. The Kier molecular flexibility index (Phi) is 7.26. The molecule has 0 saturated carbocycles. The zero-order valence-electron chi connectivity index (χ0n) is 15.0. The number of hydrogen-bond acceptors (Lipinski definition) is 3. The Bertz CT molecular complexity index is 986. The number of benzene rings is 2. The molecule has 0 saturated heterocycles. The van der Waals surface area contributed by atoms with Crippen LogP contribution in [0.25, 0.3) is 6.08 Å². The zero-order valence-corrected chi connectivity index (χ0v) is 15.8. The topological polar surface area (TPSA) is 55.4 Å². The highest BCUT2D eigenvalue weighted by Crippen LogP contribution is 2.31. The molecule has 0 aliphatic rings. The van der Waals surface area contributed by atoms with E-state index in [4.69, 9.17) is 4.74 Å². The minimum atomic E-state index is -4.45. The van der Waals surface area contributed by atoms with Gasteiger partial charge in [0.25, 0.3) is 0 Å². The summed E-state index contributed by atoms with van der Waals surface area (Å²) in [6.45, 7) is 1.62. The third kappa shape index (κ3) is 7.47. The lowest BCUT2D eigenvalue weighted by atomic mass is 10.2. The number of ether oxygens (including phenoxy) is 1. The second kappa shape index (κ2) is 9.44. The molecule has 2 aromatic rings. The van der Waals surface area contributed by atoms with Gasteiger partial charge in [-0.1, -0.05) is 47.7 Å². The molecular formula is C20H18F3NO3S. The van der Waals surface area contributed by atoms with Crippen molar-refractivity contribution < 1.29 is 26.3 Å². The van der Waals surface area contributed by atoms with Crippen molar-refractivity contribution in [2.24, 2.45) is 0 Å². The summed E-state index contributed by atoms with van der Waals surface area (Å²) in [5.41, 5.74) is 1.00. The first-order valence-electron chi connectivity index (χ1n) is 8.16. The molecule has 1 N–H and O–H groups in total. The van der Waals surface area contributed by atoms with Gasteiger partial charge in [0.05, 0.1) is 12.1 Å². The van der Waals surface area contributed by atoms with Crippen LogP contribution in [0, 0.1) is 18.8 Å². The van der Waals surface area contributed by atoms with Gasteiger partial charge >= 0.3 is 6.18 Å². The molecule has 148 valence electrons. The van der Waals surface area contributed by atoms with Crippen molar-refractivity contribution in [2.45, 2.75) is 13.1 Å². The van der Waals surface area contributed by atoms with Gasteiger partial charge in [-0.3, -0.25) is 0 Å². The first-order valence-corrected chi connectivity index (χ1v) is 9.70. The number of aryl methyl sites for hydroxylation is 1. The molecule has 0 spiro atoms. The van der Waals surface area contributed by atoms with Crippen molar-refractivity contribution in [3.63, 3.8) is 0 Å². The maximum Gasteiger partial charge on any atom is 0.416 e. The molecule has 0 atom stereocenters. The van der Waals surface area contributed by atoms with E-state index < -0.39 is 21.8 Å².